The van der Waals surface area contributed by atoms with Crippen LogP contribution in [0.1, 0.15) is 31.8 Å². The van der Waals surface area contributed by atoms with Crippen molar-refractivity contribution in [2.75, 3.05) is 53.3 Å². The second kappa shape index (κ2) is 13.7. The first-order chi connectivity index (χ1) is 21.2. The summed E-state index contributed by atoms with van der Waals surface area (Å²) in [6.45, 7) is 3.85. The molecule has 2 N–H and O–H groups in total. The van der Waals surface area contributed by atoms with Gasteiger partial charge in [0.05, 0.1) is 42.7 Å². The number of aryl methyl sites for hydroxylation is 2. The molecular formula is C34H36N2O8. The topological polar surface area (TPSA) is 114 Å². The molecule has 44 heavy (non-hydrogen) atoms. The van der Waals surface area contributed by atoms with Gasteiger partial charge in [0.1, 0.15) is 0 Å². The molecule has 4 aromatic rings. The van der Waals surface area contributed by atoms with E-state index >= 15 is 0 Å². The molecule has 4 rings (SSSR count). The molecule has 10 nitrogen and oxygen atoms in total. The van der Waals surface area contributed by atoms with Crippen LogP contribution in [0.3, 0.4) is 0 Å². The summed E-state index contributed by atoms with van der Waals surface area (Å²) in [5, 5.41) is 5.92. The molecule has 0 bridgehead atoms. The number of nitrogens with one attached hydrogen (secondary N) is 2. The lowest BCUT2D eigenvalue weighted by molar-refractivity contribution is 0.101. The Bertz CT molecular complexity index is 1520. The average Bonchev–Trinajstić information content (AvgIpc) is 3.04. The van der Waals surface area contributed by atoms with Crippen molar-refractivity contribution in [3.63, 3.8) is 0 Å². The highest BCUT2D eigenvalue weighted by Crippen LogP contribution is 2.40. The number of carbonyl (C=O) groups excluding carboxylic acids is 2. The van der Waals surface area contributed by atoms with Crippen molar-refractivity contribution < 1.29 is 38.0 Å². The number of anilines is 2. The number of hydrogen-bond donors (Lipinski definition) is 2. The van der Waals surface area contributed by atoms with E-state index in [0.29, 0.717) is 57.0 Å². The SMILES string of the molecule is COc1cc(C(=O)Nc2ccc(-c3ccc(NC(=O)c4cc(OC)c(OC)c(OC)c4)c(C)c3)cc2C)cc(OC)c1OC. The normalized spacial score (nSPS) is 10.5. The van der Waals surface area contributed by atoms with E-state index in [9.17, 15) is 9.59 Å². The van der Waals surface area contributed by atoms with Gasteiger partial charge in [-0.2, -0.15) is 0 Å². The van der Waals surface area contributed by atoms with Crippen molar-refractivity contribution in [3.8, 4) is 45.6 Å². The minimum Gasteiger partial charge on any atom is -0.493 e. The van der Waals surface area contributed by atoms with Crippen LogP contribution in [-0.4, -0.2) is 54.5 Å². The highest BCUT2D eigenvalue weighted by atomic mass is 16.5. The van der Waals surface area contributed by atoms with Crippen LogP contribution < -0.4 is 39.1 Å². The van der Waals surface area contributed by atoms with Gasteiger partial charge in [0.2, 0.25) is 11.5 Å². The molecular weight excluding hydrogens is 564 g/mol. The standard InChI is InChI=1S/C34H36N2O8/c1-19-13-21(9-11-25(19)35-33(37)23-15-27(39-3)31(43-7)28(16-23)40-4)22-10-12-26(20(2)14-22)36-34(38)24-17-29(41-5)32(44-8)30(18-24)42-6/h9-18H,1-8H3,(H,35,37)(H,36,38). The first-order valence-electron chi connectivity index (χ1n) is 13.6. The van der Waals surface area contributed by atoms with E-state index in [1.54, 1.807) is 24.3 Å². The van der Waals surface area contributed by atoms with E-state index < -0.39 is 0 Å². The van der Waals surface area contributed by atoms with Gasteiger partial charge in [-0.25, -0.2) is 0 Å². The number of hydrogen-bond acceptors (Lipinski definition) is 8. The summed E-state index contributed by atoms with van der Waals surface area (Å²) < 4.78 is 32.2. The zero-order chi connectivity index (χ0) is 32.0. The summed E-state index contributed by atoms with van der Waals surface area (Å²) in [6, 6.07) is 18.0. The third-order valence-corrected chi connectivity index (χ3v) is 7.14. The lowest BCUT2D eigenvalue weighted by Crippen LogP contribution is -2.13. The summed E-state index contributed by atoms with van der Waals surface area (Å²) in [6.07, 6.45) is 0. The fourth-order valence-electron chi connectivity index (χ4n) is 4.78. The Balaban J connectivity index is 1.52. The first-order valence-corrected chi connectivity index (χ1v) is 13.6. The zero-order valence-electron chi connectivity index (χ0n) is 26.0. The third-order valence-electron chi connectivity index (χ3n) is 7.14. The predicted octanol–water partition coefficient (Wildman–Crippen LogP) is 6.53. The molecule has 0 aliphatic heterocycles. The zero-order valence-corrected chi connectivity index (χ0v) is 26.0. The number of rotatable bonds is 11. The van der Waals surface area contributed by atoms with Gasteiger partial charge in [0.15, 0.2) is 23.0 Å². The van der Waals surface area contributed by atoms with Gasteiger partial charge >= 0.3 is 0 Å². The summed E-state index contributed by atoms with van der Waals surface area (Å²) in [5.41, 5.74) is 5.72. The number of amides is 2. The maximum Gasteiger partial charge on any atom is 0.255 e. The fraction of sp³-hybridized carbons (Fsp3) is 0.235. The Hall–Kier alpha value is -5.38. The van der Waals surface area contributed by atoms with Crippen molar-refractivity contribution in [2.24, 2.45) is 0 Å². The number of methoxy groups -OCH3 is 6. The molecule has 0 radical (unpaired) electrons. The van der Waals surface area contributed by atoms with Crippen LogP contribution in [0.4, 0.5) is 11.4 Å². The van der Waals surface area contributed by atoms with Gasteiger partial charge in [-0.05, 0) is 84.6 Å². The molecule has 0 unspecified atom stereocenters. The molecule has 0 aliphatic rings. The Kier molecular flexibility index (Phi) is 9.85. The van der Waals surface area contributed by atoms with Crippen molar-refractivity contribution in [3.05, 3.63) is 82.9 Å². The Labute approximate surface area is 256 Å². The Morgan fingerprint density at radius 1 is 0.477 bits per heavy atom. The van der Waals surface area contributed by atoms with Crippen LogP contribution in [0.25, 0.3) is 11.1 Å². The van der Waals surface area contributed by atoms with Gasteiger partial charge in [0, 0.05) is 22.5 Å². The molecule has 0 heterocycles. The average molecular weight is 601 g/mol. The van der Waals surface area contributed by atoms with E-state index in [1.807, 2.05) is 50.2 Å². The molecule has 0 fully saturated rings. The maximum atomic E-state index is 13.1. The molecule has 0 atom stereocenters. The largest absolute Gasteiger partial charge is 0.493 e. The molecule has 0 aromatic heterocycles. The van der Waals surface area contributed by atoms with Crippen molar-refractivity contribution in [1.29, 1.82) is 0 Å². The molecule has 230 valence electrons. The number of carbonyl (C=O) groups is 2. The summed E-state index contributed by atoms with van der Waals surface area (Å²) in [4.78, 5) is 26.2. The maximum absolute atomic E-state index is 13.1. The second-order valence-corrected chi connectivity index (χ2v) is 9.80. The highest BCUT2D eigenvalue weighted by Gasteiger charge is 2.19. The van der Waals surface area contributed by atoms with Gasteiger partial charge in [-0.15, -0.1) is 0 Å². The van der Waals surface area contributed by atoms with Crippen LogP contribution in [0.2, 0.25) is 0 Å². The van der Waals surface area contributed by atoms with Crippen LogP contribution in [0.5, 0.6) is 34.5 Å². The monoisotopic (exact) mass is 600 g/mol. The molecule has 0 spiro atoms. The first kappa shape index (κ1) is 31.6. The fourth-order valence-corrected chi connectivity index (χ4v) is 4.78. The molecule has 4 aromatic carbocycles. The van der Waals surface area contributed by atoms with Crippen molar-refractivity contribution >= 4 is 23.2 Å². The lowest BCUT2D eigenvalue weighted by atomic mass is 9.99. The van der Waals surface area contributed by atoms with Gasteiger partial charge in [0.25, 0.3) is 11.8 Å². The van der Waals surface area contributed by atoms with Crippen LogP contribution in [-0.2, 0) is 0 Å². The quantitative estimate of drug-likeness (QED) is 0.200. The highest BCUT2D eigenvalue weighted by molar-refractivity contribution is 6.06. The molecule has 0 saturated heterocycles. The second-order valence-electron chi connectivity index (χ2n) is 9.80. The van der Waals surface area contributed by atoms with Gasteiger partial charge in [-0.3, -0.25) is 9.59 Å². The summed E-state index contributed by atoms with van der Waals surface area (Å²) >= 11 is 0. The Morgan fingerprint density at radius 3 is 1.05 bits per heavy atom. The van der Waals surface area contributed by atoms with Gasteiger partial charge in [-0.1, -0.05) is 12.1 Å². The van der Waals surface area contributed by atoms with E-state index in [0.717, 1.165) is 22.3 Å². The minimum atomic E-state index is -0.317. The molecule has 10 heteroatoms. The van der Waals surface area contributed by atoms with E-state index in [2.05, 4.69) is 10.6 Å². The number of ether oxygens (including phenoxy) is 6. The Morgan fingerprint density at radius 2 is 0.795 bits per heavy atom. The van der Waals surface area contributed by atoms with Crippen LogP contribution in [0.15, 0.2) is 60.7 Å². The van der Waals surface area contributed by atoms with Gasteiger partial charge < -0.3 is 39.1 Å². The predicted molar refractivity (Wildman–Crippen MR) is 169 cm³/mol. The summed E-state index contributed by atoms with van der Waals surface area (Å²) in [5.74, 6) is 1.75. The number of benzene rings is 4. The van der Waals surface area contributed by atoms with Crippen molar-refractivity contribution in [1.82, 2.24) is 0 Å². The van der Waals surface area contributed by atoms with Crippen LogP contribution in [0, 0.1) is 13.8 Å². The lowest BCUT2D eigenvalue weighted by Gasteiger charge is -2.16. The third kappa shape index (κ3) is 6.49. The van der Waals surface area contributed by atoms with Crippen molar-refractivity contribution in [2.45, 2.75) is 13.8 Å². The smallest absolute Gasteiger partial charge is 0.255 e. The summed E-state index contributed by atoms with van der Waals surface area (Å²) in [7, 11) is 9.01. The van der Waals surface area contributed by atoms with E-state index in [4.69, 9.17) is 28.4 Å². The van der Waals surface area contributed by atoms with Crippen LogP contribution >= 0.6 is 0 Å². The van der Waals surface area contributed by atoms with E-state index in [1.165, 1.54) is 42.7 Å². The molecule has 0 aliphatic carbocycles. The molecule has 2 amide bonds. The molecule has 0 saturated carbocycles. The minimum absolute atomic E-state index is 0.317. The van der Waals surface area contributed by atoms with E-state index in [-0.39, 0.29) is 11.8 Å².